The van der Waals surface area contributed by atoms with Gasteiger partial charge in [0, 0.05) is 45.1 Å². The van der Waals surface area contributed by atoms with Crippen LogP contribution in [0.15, 0.2) is 23.1 Å². The Hall–Kier alpha value is -1.84. The number of amides is 1. The second-order valence-corrected chi connectivity index (χ2v) is 8.06. The average Bonchev–Trinajstić information content (AvgIpc) is 3.03. The zero-order chi connectivity index (χ0) is 18.4. The van der Waals surface area contributed by atoms with E-state index in [0.29, 0.717) is 37.8 Å². The van der Waals surface area contributed by atoms with Gasteiger partial charge in [-0.05, 0) is 25.1 Å². The molecule has 2 heterocycles. The van der Waals surface area contributed by atoms with Gasteiger partial charge in [-0.2, -0.15) is 0 Å². The predicted octanol–water partition coefficient (Wildman–Crippen LogP) is 0.338. The molecule has 8 nitrogen and oxygen atoms in total. The number of rotatable bonds is 5. The first-order valence-electron chi connectivity index (χ1n) is 8.94. The lowest BCUT2D eigenvalue weighted by Gasteiger charge is -2.20. The maximum atomic E-state index is 12.5. The fourth-order valence-electron chi connectivity index (χ4n) is 2.94. The maximum Gasteiger partial charge on any atom is 0.240 e. The number of nitrogens with zero attached hydrogens (tertiary/aromatic N) is 1. The number of hydrogen-bond donors (Lipinski definition) is 2. The summed E-state index contributed by atoms with van der Waals surface area (Å²) in [7, 11) is -3.71. The quantitative estimate of drug-likeness (QED) is 0.761. The molecule has 144 valence electrons. The normalized spacial score (nSPS) is 18.1. The smallest absolute Gasteiger partial charge is 0.240 e. The molecule has 2 aliphatic heterocycles. The largest absolute Gasteiger partial charge is 0.490 e. The molecule has 0 atom stereocenters. The van der Waals surface area contributed by atoms with Gasteiger partial charge >= 0.3 is 0 Å². The summed E-state index contributed by atoms with van der Waals surface area (Å²) in [5.74, 6) is 0.944. The number of ether oxygens (including phenoxy) is 2. The second-order valence-electron chi connectivity index (χ2n) is 6.29. The SMILES string of the molecule is O=C(CCNS(=O)(=O)c1ccc2c(c1)OCCCO2)N1CCCNCC1. The lowest BCUT2D eigenvalue weighted by molar-refractivity contribution is -0.130. The van der Waals surface area contributed by atoms with Gasteiger partial charge in [0.05, 0.1) is 18.1 Å². The Balaban J connectivity index is 1.57. The minimum atomic E-state index is -3.71. The van der Waals surface area contributed by atoms with Crippen LogP contribution >= 0.6 is 0 Å². The van der Waals surface area contributed by atoms with E-state index in [1.54, 1.807) is 11.0 Å². The van der Waals surface area contributed by atoms with Crippen molar-refractivity contribution in [3.63, 3.8) is 0 Å². The van der Waals surface area contributed by atoms with E-state index in [1.807, 2.05) is 0 Å². The summed E-state index contributed by atoms with van der Waals surface area (Å²) in [4.78, 5) is 14.1. The molecule has 0 aromatic heterocycles. The Bertz CT molecular complexity index is 730. The summed E-state index contributed by atoms with van der Waals surface area (Å²) >= 11 is 0. The summed E-state index contributed by atoms with van der Waals surface area (Å²) in [6, 6.07) is 4.55. The minimum absolute atomic E-state index is 0.0324. The first-order valence-corrected chi connectivity index (χ1v) is 10.4. The third-order valence-electron chi connectivity index (χ3n) is 4.35. The van der Waals surface area contributed by atoms with E-state index < -0.39 is 10.0 Å². The van der Waals surface area contributed by atoms with Crippen LogP contribution in [0.25, 0.3) is 0 Å². The molecular weight excluding hydrogens is 358 g/mol. The van der Waals surface area contributed by atoms with Crippen LogP contribution in [-0.2, 0) is 14.8 Å². The van der Waals surface area contributed by atoms with Crippen molar-refractivity contribution in [2.45, 2.75) is 24.2 Å². The predicted molar refractivity (Wildman–Crippen MR) is 95.9 cm³/mol. The van der Waals surface area contributed by atoms with Gasteiger partial charge in [0.2, 0.25) is 15.9 Å². The zero-order valence-corrected chi connectivity index (χ0v) is 15.5. The van der Waals surface area contributed by atoms with Crippen molar-refractivity contribution in [2.75, 3.05) is 45.9 Å². The van der Waals surface area contributed by atoms with Gasteiger partial charge in [-0.15, -0.1) is 0 Å². The lowest BCUT2D eigenvalue weighted by Crippen LogP contribution is -2.36. The molecule has 1 saturated heterocycles. The van der Waals surface area contributed by atoms with Crippen molar-refractivity contribution in [1.82, 2.24) is 14.9 Å². The first-order chi connectivity index (χ1) is 12.6. The van der Waals surface area contributed by atoms with Crippen LogP contribution in [0.4, 0.5) is 0 Å². The number of hydrogen-bond acceptors (Lipinski definition) is 6. The standard InChI is InChI=1S/C17H25N3O5S/c21-17(20-9-1-6-18-8-10-20)5-7-19-26(22,23)14-3-4-15-16(13-14)25-12-2-11-24-15/h3-4,13,18-19H,1-2,5-12H2. The third kappa shape index (κ3) is 4.87. The Morgan fingerprint density at radius 2 is 1.92 bits per heavy atom. The third-order valence-corrected chi connectivity index (χ3v) is 5.81. The number of carbonyl (C=O) groups is 1. The molecule has 1 amide bonds. The van der Waals surface area contributed by atoms with E-state index in [4.69, 9.17) is 9.47 Å². The van der Waals surface area contributed by atoms with Crippen LogP contribution in [0.5, 0.6) is 11.5 Å². The summed E-state index contributed by atoms with van der Waals surface area (Å²) in [5, 5.41) is 3.24. The van der Waals surface area contributed by atoms with Crippen molar-refractivity contribution < 1.29 is 22.7 Å². The van der Waals surface area contributed by atoms with Gasteiger partial charge in [0.15, 0.2) is 11.5 Å². The van der Waals surface area contributed by atoms with Crippen LogP contribution in [0.3, 0.4) is 0 Å². The van der Waals surface area contributed by atoms with E-state index in [0.717, 1.165) is 25.9 Å². The number of fused-ring (bicyclic) bond motifs is 1. The highest BCUT2D eigenvalue weighted by Gasteiger charge is 2.20. The van der Waals surface area contributed by atoms with Gasteiger partial charge in [-0.1, -0.05) is 0 Å². The van der Waals surface area contributed by atoms with Gasteiger partial charge in [0.1, 0.15) is 0 Å². The fourth-order valence-corrected chi connectivity index (χ4v) is 3.99. The number of nitrogens with one attached hydrogen (secondary N) is 2. The maximum absolute atomic E-state index is 12.5. The first kappa shape index (κ1) is 18.9. The molecule has 0 unspecified atom stereocenters. The van der Waals surface area contributed by atoms with E-state index in [9.17, 15) is 13.2 Å². The highest BCUT2D eigenvalue weighted by Crippen LogP contribution is 2.31. The van der Waals surface area contributed by atoms with Crippen LogP contribution in [-0.4, -0.2) is 65.2 Å². The number of sulfonamides is 1. The van der Waals surface area contributed by atoms with E-state index >= 15 is 0 Å². The van der Waals surface area contributed by atoms with Crippen molar-refractivity contribution >= 4 is 15.9 Å². The molecule has 0 saturated carbocycles. The monoisotopic (exact) mass is 383 g/mol. The van der Waals surface area contributed by atoms with Gasteiger partial charge in [-0.3, -0.25) is 4.79 Å². The Morgan fingerprint density at radius 3 is 2.77 bits per heavy atom. The van der Waals surface area contributed by atoms with Crippen LogP contribution in [0, 0.1) is 0 Å². The fraction of sp³-hybridized carbons (Fsp3) is 0.588. The zero-order valence-electron chi connectivity index (χ0n) is 14.7. The Kier molecular flexibility index (Phi) is 6.33. The molecule has 2 aliphatic rings. The van der Waals surface area contributed by atoms with Gasteiger partial charge in [-0.25, -0.2) is 13.1 Å². The summed E-state index contributed by atoms with van der Waals surface area (Å²) < 4.78 is 38.5. The van der Waals surface area contributed by atoms with Gasteiger partial charge < -0.3 is 19.7 Å². The van der Waals surface area contributed by atoms with E-state index in [2.05, 4.69) is 10.0 Å². The topological polar surface area (TPSA) is 97.0 Å². The molecular formula is C17H25N3O5S. The lowest BCUT2D eigenvalue weighted by atomic mass is 10.3. The molecule has 26 heavy (non-hydrogen) atoms. The summed E-state index contributed by atoms with van der Waals surface area (Å²) in [6.07, 6.45) is 1.81. The molecule has 1 aromatic rings. The Morgan fingerprint density at radius 1 is 1.12 bits per heavy atom. The van der Waals surface area contributed by atoms with E-state index in [-0.39, 0.29) is 23.8 Å². The van der Waals surface area contributed by atoms with Crippen LogP contribution in [0.2, 0.25) is 0 Å². The molecule has 3 rings (SSSR count). The molecule has 9 heteroatoms. The Labute approximate surface area is 153 Å². The number of benzene rings is 1. The van der Waals surface area contributed by atoms with Crippen molar-refractivity contribution in [3.05, 3.63) is 18.2 Å². The molecule has 1 aromatic carbocycles. The highest BCUT2D eigenvalue weighted by atomic mass is 32.2. The molecule has 0 aliphatic carbocycles. The minimum Gasteiger partial charge on any atom is -0.490 e. The van der Waals surface area contributed by atoms with Crippen LogP contribution < -0.4 is 19.5 Å². The highest BCUT2D eigenvalue weighted by molar-refractivity contribution is 7.89. The summed E-state index contributed by atoms with van der Waals surface area (Å²) in [6.45, 7) is 4.15. The van der Waals surface area contributed by atoms with Crippen LogP contribution in [0.1, 0.15) is 19.3 Å². The van der Waals surface area contributed by atoms with Gasteiger partial charge in [0.25, 0.3) is 0 Å². The average molecular weight is 383 g/mol. The number of carbonyl (C=O) groups excluding carboxylic acids is 1. The summed E-state index contributed by atoms with van der Waals surface area (Å²) in [5.41, 5.74) is 0. The molecule has 0 radical (unpaired) electrons. The molecule has 0 bridgehead atoms. The second kappa shape index (κ2) is 8.70. The molecule has 0 spiro atoms. The van der Waals surface area contributed by atoms with Crippen molar-refractivity contribution in [2.24, 2.45) is 0 Å². The van der Waals surface area contributed by atoms with Crippen molar-refractivity contribution in [1.29, 1.82) is 0 Å². The van der Waals surface area contributed by atoms with E-state index in [1.165, 1.54) is 12.1 Å². The molecule has 2 N–H and O–H groups in total. The molecule has 1 fully saturated rings. The van der Waals surface area contributed by atoms with Crippen molar-refractivity contribution in [3.8, 4) is 11.5 Å².